The van der Waals surface area contributed by atoms with E-state index in [2.05, 4.69) is 0 Å². The number of hydrogen-bond donors (Lipinski definition) is 1. The summed E-state index contributed by atoms with van der Waals surface area (Å²) in [6, 6.07) is 7.62. The van der Waals surface area contributed by atoms with E-state index in [1.165, 1.54) is 5.56 Å². The average molecular weight is 166 g/mol. The molecule has 1 aromatic rings. The Balaban J connectivity index is 2.58. The van der Waals surface area contributed by atoms with E-state index in [-0.39, 0.29) is 0 Å². The summed E-state index contributed by atoms with van der Waals surface area (Å²) in [5.41, 5.74) is 1.19. The van der Waals surface area contributed by atoms with Crippen LogP contribution in [0.4, 0.5) is 0 Å². The van der Waals surface area contributed by atoms with Gasteiger partial charge in [0, 0.05) is 6.42 Å². The Morgan fingerprint density at radius 1 is 1.33 bits per heavy atom. The molecule has 0 heterocycles. The topological polar surface area (TPSA) is 29.5 Å². The van der Waals surface area contributed by atoms with E-state index in [1.807, 2.05) is 38.1 Å². The second-order valence-electron chi connectivity index (χ2n) is 2.79. The van der Waals surface area contributed by atoms with Crippen molar-refractivity contribution in [2.45, 2.75) is 26.6 Å². The summed E-state index contributed by atoms with van der Waals surface area (Å²) in [5, 5.41) is 9.16. The minimum Gasteiger partial charge on any atom is -0.465 e. The van der Waals surface area contributed by atoms with Gasteiger partial charge in [-0.3, -0.25) is 0 Å². The number of aliphatic hydroxyl groups excluding tert-OH is 1. The van der Waals surface area contributed by atoms with E-state index < -0.39 is 6.29 Å². The zero-order valence-corrected chi connectivity index (χ0v) is 7.45. The summed E-state index contributed by atoms with van der Waals surface area (Å²) in [6.07, 6.45) is -0.0823. The highest BCUT2D eigenvalue weighted by Crippen LogP contribution is 2.13. The van der Waals surface area contributed by atoms with Gasteiger partial charge in [-0.15, -0.1) is 0 Å². The van der Waals surface area contributed by atoms with E-state index in [9.17, 15) is 0 Å². The van der Waals surface area contributed by atoms with Crippen LogP contribution in [0.3, 0.4) is 0 Å². The molecule has 0 saturated heterocycles. The van der Waals surface area contributed by atoms with Gasteiger partial charge in [-0.25, -0.2) is 0 Å². The minimum atomic E-state index is -0.687. The van der Waals surface area contributed by atoms with Crippen molar-refractivity contribution in [3.63, 3.8) is 0 Å². The molecule has 1 N–H and O–H groups in total. The zero-order valence-electron chi connectivity index (χ0n) is 7.45. The van der Waals surface area contributed by atoms with Crippen LogP contribution in [0.1, 0.15) is 18.9 Å². The summed E-state index contributed by atoms with van der Waals surface area (Å²) in [7, 11) is 0. The van der Waals surface area contributed by atoms with Crippen LogP contribution in [-0.2, 0) is 0 Å². The van der Waals surface area contributed by atoms with Crippen LogP contribution < -0.4 is 4.74 Å². The maximum Gasteiger partial charge on any atom is 0.197 e. The van der Waals surface area contributed by atoms with Crippen molar-refractivity contribution in [1.82, 2.24) is 0 Å². The highest BCUT2D eigenvalue weighted by molar-refractivity contribution is 5.26. The molecule has 0 spiro atoms. The van der Waals surface area contributed by atoms with Crippen molar-refractivity contribution < 1.29 is 9.84 Å². The smallest absolute Gasteiger partial charge is 0.197 e. The van der Waals surface area contributed by atoms with Gasteiger partial charge in [0.25, 0.3) is 0 Å². The number of aryl methyl sites for hydroxylation is 1. The maximum atomic E-state index is 9.16. The summed E-state index contributed by atoms with van der Waals surface area (Å²) in [6.45, 7) is 3.89. The molecular weight excluding hydrogens is 152 g/mol. The van der Waals surface area contributed by atoms with Crippen molar-refractivity contribution in [3.8, 4) is 5.75 Å². The molecule has 0 saturated carbocycles. The first-order chi connectivity index (χ1) is 5.72. The van der Waals surface area contributed by atoms with E-state index in [4.69, 9.17) is 9.84 Å². The molecule has 0 aliphatic carbocycles. The van der Waals surface area contributed by atoms with E-state index >= 15 is 0 Å². The molecule has 2 nitrogen and oxygen atoms in total. The Bertz CT molecular complexity index is 228. The molecule has 0 aliphatic heterocycles. The molecule has 0 fully saturated rings. The Morgan fingerprint density at radius 3 is 2.42 bits per heavy atom. The van der Waals surface area contributed by atoms with Gasteiger partial charge in [-0.2, -0.15) is 0 Å². The van der Waals surface area contributed by atoms with Gasteiger partial charge in [0.2, 0.25) is 0 Å². The Labute approximate surface area is 72.8 Å². The Kier molecular flexibility index (Phi) is 3.11. The molecule has 0 radical (unpaired) electrons. The first-order valence-corrected chi connectivity index (χ1v) is 4.13. The predicted octanol–water partition coefficient (Wildman–Crippen LogP) is 2.10. The summed E-state index contributed by atoms with van der Waals surface area (Å²) in [4.78, 5) is 0. The molecule has 0 bridgehead atoms. The van der Waals surface area contributed by atoms with Gasteiger partial charge >= 0.3 is 0 Å². The average Bonchev–Trinajstić information content (AvgIpc) is 2.09. The molecule has 66 valence electrons. The van der Waals surface area contributed by atoms with Crippen LogP contribution in [-0.4, -0.2) is 11.4 Å². The molecule has 1 rings (SSSR count). The van der Waals surface area contributed by atoms with E-state index in [0.717, 1.165) is 5.75 Å². The van der Waals surface area contributed by atoms with Crippen LogP contribution >= 0.6 is 0 Å². The van der Waals surface area contributed by atoms with Gasteiger partial charge in [-0.05, 0) is 19.1 Å². The number of benzene rings is 1. The second-order valence-corrected chi connectivity index (χ2v) is 2.79. The third kappa shape index (κ3) is 2.55. The fourth-order valence-corrected chi connectivity index (χ4v) is 0.857. The molecule has 0 amide bonds. The lowest BCUT2D eigenvalue weighted by molar-refractivity contribution is -0.0191. The number of aliphatic hydroxyl groups is 1. The van der Waals surface area contributed by atoms with Gasteiger partial charge in [0.15, 0.2) is 6.29 Å². The lowest BCUT2D eigenvalue weighted by Crippen LogP contribution is -2.13. The summed E-state index contributed by atoms with van der Waals surface area (Å²) in [5.74, 6) is 0.718. The third-order valence-electron chi connectivity index (χ3n) is 1.64. The predicted molar refractivity (Wildman–Crippen MR) is 48.1 cm³/mol. The minimum absolute atomic E-state index is 0.605. The molecule has 1 unspecified atom stereocenters. The monoisotopic (exact) mass is 166 g/mol. The number of ether oxygens (including phenoxy) is 1. The standard InChI is InChI=1S/C10H14O2/c1-3-10(11)12-9-6-4-8(2)5-7-9/h4-7,10-11H,3H2,1-2H3. The number of hydrogen-bond acceptors (Lipinski definition) is 2. The fourth-order valence-electron chi connectivity index (χ4n) is 0.857. The first-order valence-electron chi connectivity index (χ1n) is 4.13. The van der Waals surface area contributed by atoms with Crippen LogP contribution in [0.5, 0.6) is 5.75 Å². The highest BCUT2D eigenvalue weighted by atomic mass is 16.6. The SMILES string of the molecule is CCC(O)Oc1ccc(C)cc1. The van der Waals surface area contributed by atoms with Crippen LogP contribution in [0.2, 0.25) is 0 Å². The van der Waals surface area contributed by atoms with Crippen molar-refractivity contribution in [2.75, 3.05) is 0 Å². The normalized spacial score (nSPS) is 12.6. The molecular formula is C10H14O2. The van der Waals surface area contributed by atoms with Crippen molar-refractivity contribution in [2.24, 2.45) is 0 Å². The molecule has 12 heavy (non-hydrogen) atoms. The Hall–Kier alpha value is -1.02. The van der Waals surface area contributed by atoms with Crippen molar-refractivity contribution in [1.29, 1.82) is 0 Å². The van der Waals surface area contributed by atoms with Gasteiger partial charge < -0.3 is 9.84 Å². The van der Waals surface area contributed by atoms with Crippen LogP contribution in [0.15, 0.2) is 24.3 Å². The van der Waals surface area contributed by atoms with E-state index in [0.29, 0.717) is 6.42 Å². The molecule has 0 aromatic heterocycles. The molecule has 1 aromatic carbocycles. The summed E-state index contributed by atoms with van der Waals surface area (Å²) >= 11 is 0. The second kappa shape index (κ2) is 4.12. The van der Waals surface area contributed by atoms with E-state index in [1.54, 1.807) is 0 Å². The lowest BCUT2D eigenvalue weighted by atomic mass is 10.2. The van der Waals surface area contributed by atoms with Crippen molar-refractivity contribution in [3.05, 3.63) is 29.8 Å². The zero-order chi connectivity index (χ0) is 8.97. The van der Waals surface area contributed by atoms with Crippen LogP contribution in [0.25, 0.3) is 0 Å². The third-order valence-corrected chi connectivity index (χ3v) is 1.64. The highest BCUT2D eigenvalue weighted by Gasteiger charge is 2.00. The largest absolute Gasteiger partial charge is 0.465 e. The molecule has 1 atom stereocenters. The number of rotatable bonds is 3. The van der Waals surface area contributed by atoms with Gasteiger partial charge in [0.05, 0.1) is 0 Å². The lowest BCUT2D eigenvalue weighted by Gasteiger charge is -2.10. The first kappa shape index (κ1) is 9.07. The van der Waals surface area contributed by atoms with Gasteiger partial charge in [0.1, 0.15) is 5.75 Å². The Morgan fingerprint density at radius 2 is 1.92 bits per heavy atom. The quantitative estimate of drug-likeness (QED) is 0.697. The van der Waals surface area contributed by atoms with Crippen LogP contribution in [0, 0.1) is 6.92 Å². The summed E-state index contributed by atoms with van der Waals surface area (Å²) < 4.78 is 5.17. The fraction of sp³-hybridized carbons (Fsp3) is 0.400. The molecule has 0 aliphatic rings. The molecule has 2 heteroatoms. The maximum absolute atomic E-state index is 9.16. The van der Waals surface area contributed by atoms with Gasteiger partial charge in [-0.1, -0.05) is 24.6 Å². The van der Waals surface area contributed by atoms with Crippen molar-refractivity contribution >= 4 is 0 Å².